The standard InChI is InChI=1S/C22H15ClFN3O3/c23-16-5-3-15(4-6-16)22-19-13-25(30)10-9-18(19)21(29)27(22)12-11-26(22)20(28)14-1-7-17(24)8-2-14/h1-10,13H,11-12H2/t22-/m0/s1. The monoisotopic (exact) mass is 423 g/mol. The predicted octanol–water partition coefficient (Wildman–Crippen LogP) is 2.93. The molecule has 2 amide bonds. The van der Waals surface area contributed by atoms with Crippen molar-refractivity contribution in [2.24, 2.45) is 0 Å². The molecule has 0 radical (unpaired) electrons. The summed E-state index contributed by atoms with van der Waals surface area (Å²) in [6, 6.07) is 13.6. The van der Waals surface area contributed by atoms with Crippen LogP contribution in [0.3, 0.4) is 0 Å². The Bertz CT molecular complexity index is 1180. The van der Waals surface area contributed by atoms with Crippen LogP contribution in [0.5, 0.6) is 0 Å². The largest absolute Gasteiger partial charge is 0.619 e. The lowest BCUT2D eigenvalue weighted by molar-refractivity contribution is -0.606. The van der Waals surface area contributed by atoms with Crippen molar-refractivity contribution < 1.29 is 18.7 Å². The molecule has 8 heteroatoms. The molecule has 2 aliphatic rings. The molecule has 1 aromatic heterocycles. The minimum atomic E-state index is -1.28. The van der Waals surface area contributed by atoms with Crippen LogP contribution in [-0.2, 0) is 5.66 Å². The van der Waals surface area contributed by atoms with Crippen molar-refractivity contribution in [3.05, 3.63) is 105 Å². The normalized spacial score (nSPS) is 19.7. The smallest absolute Gasteiger partial charge is 0.257 e. The fraction of sp³-hybridized carbons (Fsp3) is 0.136. The number of amides is 2. The number of hydrogen-bond acceptors (Lipinski definition) is 3. The maximum absolute atomic E-state index is 13.5. The summed E-state index contributed by atoms with van der Waals surface area (Å²) in [6.45, 7) is 0.555. The van der Waals surface area contributed by atoms with E-state index in [9.17, 15) is 19.2 Å². The number of carbonyl (C=O) groups excluding carboxylic acids is 2. The van der Waals surface area contributed by atoms with E-state index in [1.54, 1.807) is 34.1 Å². The number of nitrogens with zero attached hydrogens (tertiary/aromatic N) is 3. The maximum Gasteiger partial charge on any atom is 0.257 e. The Labute approximate surface area is 176 Å². The Morgan fingerprint density at radius 3 is 2.47 bits per heavy atom. The summed E-state index contributed by atoms with van der Waals surface area (Å²) in [6.07, 6.45) is 2.60. The van der Waals surface area contributed by atoms with Gasteiger partial charge in [-0.3, -0.25) is 9.59 Å². The molecule has 3 aromatic rings. The van der Waals surface area contributed by atoms with Gasteiger partial charge in [0, 0.05) is 35.3 Å². The summed E-state index contributed by atoms with van der Waals surface area (Å²) in [5, 5.41) is 12.7. The fourth-order valence-electron chi connectivity index (χ4n) is 4.44. The first-order valence-electron chi connectivity index (χ1n) is 9.32. The Morgan fingerprint density at radius 1 is 1.07 bits per heavy atom. The van der Waals surface area contributed by atoms with Gasteiger partial charge in [0.25, 0.3) is 11.8 Å². The van der Waals surface area contributed by atoms with Crippen LogP contribution in [0.4, 0.5) is 4.39 Å². The highest BCUT2D eigenvalue weighted by Crippen LogP contribution is 2.49. The Morgan fingerprint density at radius 2 is 1.77 bits per heavy atom. The first kappa shape index (κ1) is 18.6. The van der Waals surface area contributed by atoms with Crippen molar-refractivity contribution in [2.45, 2.75) is 5.66 Å². The third-order valence-electron chi connectivity index (χ3n) is 5.70. The summed E-state index contributed by atoms with van der Waals surface area (Å²) in [7, 11) is 0. The number of hydrogen-bond donors (Lipinski definition) is 0. The molecular weight excluding hydrogens is 409 g/mol. The maximum atomic E-state index is 13.5. The van der Waals surface area contributed by atoms with Gasteiger partial charge in [0.05, 0.1) is 11.1 Å². The van der Waals surface area contributed by atoms with Crippen LogP contribution in [0.1, 0.15) is 31.8 Å². The zero-order valence-corrected chi connectivity index (χ0v) is 16.3. The van der Waals surface area contributed by atoms with Crippen LogP contribution in [0.25, 0.3) is 0 Å². The Kier molecular flexibility index (Phi) is 4.04. The number of halogens is 2. The summed E-state index contributed by atoms with van der Waals surface area (Å²) in [5.41, 5.74) is 0.445. The van der Waals surface area contributed by atoms with Crippen molar-refractivity contribution in [1.29, 1.82) is 0 Å². The quantitative estimate of drug-likeness (QED) is 0.470. The molecule has 1 atom stereocenters. The molecule has 30 heavy (non-hydrogen) atoms. The Hall–Kier alpha value is -3.45. The van der Waals surface area contributed by atoms with E-state index >= 15 is 0 Å². The molecule has 3 heterocycles. The average molecular weight is 424 g/mol. The summed E-state index contributed by atoms with van der Waals surface area (Å²) >= 11 is 6.07. The molecule has 1 fully saturated rings. The number of rotatable bonds is 2. The molecule has 6 nitrogen and oxygen atoms in total. The predicted molar refractivity (Wildman–Crippen MR) is 106 cm³/mol. The van der Waals surface area contributed by atoms with Gasteiger partial charge in [-0.05, 0) is 36.4 Å². The number of aromatic nitrogens is 1. The minimum absolute atomic E-state index is 0.255. The van der Waals surface area contributed by atoms with Crippen LogP contribution in [0.2, 0.25) is 5.02 Å². The highest BCUT2D eigenvalue weighted by Gasteiger charge is 2.61. The lowest BCUT2D eigenvalue weighted by atomic mass is 9.90. The SMILES string of the molecule is O=C(c1ccc(F)cc1)N1CCN2C(=O)c3cc[n+]([O-])cc3[C@@]12c1ccc(Cl)cc1. The Balaban J connectivity index is 1.76. The van der Waals surface area contributed by atoms with Gasteiger partial charge in [-0.15, -0.1) is 0 Å². The van der Waals surface area contributed by atoms with Crippen molar-refractivity contribution in [2.75, 3.05) is 13.1 Å². The van der Waals surface area contributed by atoms with Crippen LogP contribution < -0.4 is 4.73 Å². The van der Waals surface area contributed by atoms with E-state index in [1.807, 2.05) is 0 Å². The van der Waals surface area contributed by atoms with Crippen LogP contribution >= 0.6 is 11.6 Å². The molecule has 2 aromatic carbocycles. The van der Waals surface area contributed by atoms with Gasteiger partial charge in [-0.1, -0.05) is 23.7 Å². The molecule has 150 valence electrons. The van der Waals surface area contributed by atoms with Gasteiger partial charge < -0.3 is 15.0 Å². The zero-order chi connectivity index (χ0) is 21.0. The zero-order valence-electron chi connectivity index (χ0n) is 15.6. The second kappa shape index (κ2) is 6.53. The second-order valence-corrected chi connectivity index (χ2v) is 7.67. The van der Waals surface area contributed by atoms with E-state index in [0.29, 0.717) is 38.6 Å². The van der Waals surface area contributed by atoms with E-state index in [0.717, 1.165) is 0 Å². The molecule has 0 aliphatic carbocycles. The third-order valence-corrected chi connectivity index (χ3v) is 5.95. The van der Waals surface area contributed by atoms with E-state index in [1.165, 1.54) is 42.7 Å². The summed E-state index contributed by atoms with van der Waals surface area (Å²) in [4.78, 5) is 29.8. The van der Waals surface area contributed by atoms with Crippen LogP contribution in [-0.4, -0.2) is 34.7 Å². The van der Waals surface area contributed by atoms with Gasteiger partial charge in [0.15, 0.2) is 18.1 Å². The summed E-state index contributed by atoms with van der Waals surface area (Å²) < 4.78 is 14.0. The van der Waals surface area contributed by atoms with E-state index in [-0.39, 0.29) is 18.4 Å². The van der Waals surface area contributed by atoms with Gasteiger partial charge in [0.1, 0.15) is 5.82 Å². The molecule has 1 saturated heterocycles. The number of carbonyl (C=O) groups is 2. The second-order valence-electron chi connectivity index (χ2n) is 7.23. The van der Waals surface area contributed by atoms with Crippen molar-refractivity contribution in [3.8, 4) is 0 Å². The van der Waals surface area contributed by atoms with Crippen molar-refractivity contribution >= 4 is 23.4 Å². The highest BCUT2D eigenvalue weighted by atomic mass is 35.5. The van der Waals surface area contributed by atoms with Crippen molar-refractivity contribution in [3.63, 3.8) is 0 Å². The lowest BCUT2D eigenvalue weighted by Gasteiger charge is -2.39. The molecular formula is C22H15ClFN3O3. The molecule has 2 aliphatic heterocycles. The van der Waals surface area contributed by atoms with E-state index in [2.05, 4.69) is 0 Å². The molecule has 5 rings (SSSR count). The van der Waals surface area contributed by atoms with Gasteiger partial charge in [-0.2, -0.15) is 4.73 Å². The minimum Gasteiger partial charge on any atom is -0.619 e. The van der Waals surface area contributed by atoms with Gasteiger partial charge >= 0.3 is 0 Å². The molecule has 0 bridgehead atoms. The number of fused-ring (bicyclic) bond motifs is 3. The third kappa shape index (κ3) is 2.45. The van der Waals surface area contributed by atoms with Crippen LogP contribution in [0.15, 0.2) is 67.0 Å². The van der Waals surface area contributed by atoms with Crippen LogP contribution in [0, 0.1) is 11.0 Å². The summed E-state index contributed by atoms with van der Waals surface area (Å²) in [5.74, 6) is -1.07. The van der Waals surface area contributed by atoms with Gasteiger partial charge in [0.2, 0.25) is 0 Å². The molecule has 0 unspecified atom stereocenters. The molecule has 0 N–H and O–H groups in total. The molecule has 0 spiro atoms. The van der Waals surface area contributed by atoms with E-state index in [4.69, 9.17) is 11.6 Å². The first-order chi connectivity index (χ1) is 14.4. The van der Waals surface area contributed by atoms with Crippen molar-refractivity contribution in [1.82, 2.24) is 9.80 Å². The highest BCUT2D eigenvalue weighted by molar-refractivity contribution is 6.30. The molecule has 0 saturated carbocycles. The number of pyridine rings is 1. The number of benzene rings is 2. The fourth-order valence-corrected chi connectivity index (χ4v) is 4.57. The van der Waals surface area contributed by atoms with E-state index < -0.39 is 11.5 Å². The first-order valence-corrected chi connectivity index (χ1v) is 9.69. The topological polar surface area (TPSA) is 67.6 Å². The van der Waals surface area contributed by atoms with Gasteiger partial charge in [-0.25, -0.2) is 4.39 Å². The lowest BCUT2D eigenvalue weighted by Crippen LogP contribution is -2.52. The average Bonchev–Trinajstić information content (AvgIpc) is 3.24.